The number of rotatable bonds is 11. The number of carbonyl (C=O) groups is 6. The highest BCUT2D eigenvalue weighted by Gasteiger charge is 2.41. The summed E-state index contributed by atoms with van der Waals surface area (Å²) in [5.41, 5.74) is 6.03. The van der Waals surface area contributed by atoms with Crippen molar-refractivity contribution in [1.82, 2.24) is 5.32 Å². The molecule has 2 unspecified atom stereocenters. The van der Waals surface area contributed by atoms with Crippen LogP contribution in [-0.4, -0.2) is 67.9 Å². The van der Waals surface area contributed by atoms with E-state index in [4.69, 9.17) is 50.8 Å². The fourth-order valence-electron chi connectivity index (χ4n) is 11.1. The highest BCUT2D eigenvalue weighted by Crippen LogP contribution is 2.64. The highest BCUT2D eigenvalue weighted by atomic mass is 35.5. The van der Waals surface area contributed by atoms with Crippen LogP contribution in [0.4, 0.5) is 9.59 Å². The predicted octanol–water partition coefficient (Wildman–Crippen LogP) is 20.1. The van der Waals surface area contributed by atoms with E-state index in [1.807, 2.05) is 215 Å². The maximum absolute atomic E-state index is 14.1. The summed E-state index contributed by atoms with van der Waals surface area (Å²) in [4.78, 5) is 93.7. The number of nitrogens with one attached hydrogen (secondary N) is 1. The van der Waals surface area contributed by atoms with E-state index in [-0.39, 0.29) is 57.9 Å². The second-order valence-electron chi connectivity index (χ2n) is 25.2. The number of carbonyl (C=O) groups excluding carboxylic acids is 6. The summed E-state index contributed by atoms with van der Waals surface area (Å²) in [6, 6.07) is 66.6. The molecule has 22 heteroatoms. The number of halogens is 2. The zero-order chi connectivity index (χ0) is 73.4. The summed E-state index contributed by atoms with van der Waals surface area (Å²) < 4.78 is 62.6. The SMILES string of the molecule is CC(=O)C(C(C)=O)[C@H](NC(=O)OC(C)(C)C)c1ccccc1.CC(=O)CC(C)=O.CC(C)(C)OC(=O)N=Cc1ccccc1.ClCCl.O=P1(O)Oc2c(-c3ccccc3)cccc2-c2cc3ccccc3c(-c3c4c(cc5ccccc35)-c3cccc(-c5ccccc5)c3OP(=O)(O)O4)c2O1. The van der Waals surface area contributed by atoms with E-state index in [0.717, 1.165) is 27.5 Å². The molecule has 0 saturated heterocycles. The number of Topliss-reactive ketones (excluding diaryl/α,β-unsaturated/α-hetero) is 4. The summed E-state index contributed by atoms with van der Waals surface area (Å²) in [6.07, 6.45) is 0.355. The molecular formula is C79H76Cl2N2O16P2. The minimum atomic E-state index is -4.85. The first-order valence-corrected chi connectivity index (χ1v) is 35.9. The molecular weight excluding hydrogens is 1370 g/mol. The van der Waals surface area contributed by atoms with Gasteiger partial charge in [-0.15, -0.1) is 23.2 Å². The number of hydrogen-bond donors (Lipinski definition) is 3. The van der Waals surface area contributed by atoms with Gasteiger partial charge in [-0.25, -0.2) is 18.7 Å². The topological polar surface area (TPSA) is 257 Å². The van der Waals surface area contributed by atoms with Crippen LogP contribution in [-0.2, 0) is 37.8 Å². The third kappa shape index (κ3) is 20.8. The zero-order valence-corrected chi connectivity index (χ0v) is 60.4. The molecule has 3 N–H and O–H groups in total. The summed E-state index contributed by atoms with van der Waals surface area (Å²) >= 11 is 9.53. The second-order valence-corrected chi connectivity index (χ2v) is 28.6. The second kappa shape index (κ2) is 33.9. The van der Waals surface area contributed by atoms with Crippen LogP contribution in [0, 0.1) is 5.92 Å². The first-order chi connectivity index (χ1) is 47.9. The molecule has 0 bridgehead atoms. The number of nitrogens with zero attached hydrogens (tertiary/aromatic N) is 1. The number of phosphoric ester groups is 2. The van der Waals surface area contributed by atoms with Gasteiger partial charge in [0, 0.05) is 50.7 Å². The van der Waals surface area contributed by atoms with E-state index in [1.54, 1.807) is 45.0 Å². The van der Waals surface area contributed by atoms with Gasteiger partial charge in [0.2, 0.25) is 0 Å². The van der Waals surface area contributed by atoms with Crippen molar-refractivity contribution in [2.45, 2.75) is 92.9 Å². The van der Waals surface area contributed by atoms with Crippen molar-refractivity contribution >= 4 is 102 Å². The average molecular weight is 1440 g/mol. The fourth-order valence-corrected chi connectivity index (χ4v) is 12.9. The van der Waals surface area contributed by atoms with Crippen molar-refractivity contribution in [2.24, 2.45) is 10.9 Å². The number of ketones is 4. The summed E-state index contributed by atoms with van der Waals surface area (Å²) in [5.74, 6) is -1.15. The molecule has 0 aromatic heterocycles. The molecule has 101 heavy (non-hydrogen) atoms. The minimum Gasteiger partial charge on any atom is -0.444 e. The van der Waals surface area contributed by atoms with Crippen LogP contribution in [0.5, 0.6) is 23.0 Å². The Hall–Kier alpha value is -10.0. The largest absolute Gasteiger partial charge is 0.584 e. The van der Waals surface area contributed by atoms with Crippen molar-refractivity contribution in [2.75, 3.05) is 5.34 Å². The Morgan fingerprint density at radius 1 is 0.475 bits per heavy atom. The Kier molecular flexibility index (Phi) is 25.7. The van der Waals surface area contributed by atoms with E-state index in [1.165, 1.54) is 33.9 Å². The summed E-state index contributed by atoms with van der Waals surface area (Å²) in [6.45, 7) is 16.2. The molecule has 0 saturated carbocycles. The summed E-state index contributed by atoms with van der Waals surface area (Å²) in [5, 5.41) is 5.71. The first kappa shape index (κ1) is 76.7. The number of benzene rings is 10. The van der Waals surface area contributed by atoms with Crippen LogP contribution in [0.2, 0.25) is 0 Å². The molecule has 522 valence electrons. The van der Waals surface area contributed by atoms with Crippen molar-refractivity contribution in [1.29, 1.82) is 0 Å². The molecule has 2 amide bonds. The van der Waals surface area contributed by atoms with Crippen molar-refractivity contribution in [3.63, 3.8) is 0 Å². The maximum atomic E-state index is 14.1. The van der Waals surface area contributed by atoms with Crippen LogP contribution >= 0.6 is 38.8 Å². The smallest absolute Gasteiger partial charge is 0.444 e. The summed E-state index contributed by atoms with van der Waals surface area (Å²) in [7, 11) is -9.71. The van der Waals surface area contributed by atoms with Crippen molar-refractivity contribution in [3.8, 4) is 78.6 Å². The van der Waals surface area contributed by atoms with Gasteiger partial charge in [0.1, 0.15) is 63.3 Å². The number of aliphatic imine (C=N–C) groups is 1. The van der Waals surface area contributed by atoms with Crippen LogP contribution in [0.3, 0.4) is 0 Å². The lowest BCUT2D eigenvalue weighted by Gasteiger charge is -2.27. The van der Waals surface area contributed by atoms with Gasteiger partial charge >= 0.3 is 27.8 Å². The maximum Gasteiger partial charge on any atom is 0.584 e. The van der Waals surface area contributed by atoms with Gasteiger partial charge in [-0.3, -0.25) is 29.0 Å². The molecule has 3 atom stereocenters. The van der Waals surface area contributed by atoms with Gasteiger partial charge in [0.25, 0.3) is 0 Å². The zero-order valence-electron chi connectivity index (χ0n) is 57.1. The van der Waals surface area contributed by atoms with E-state index in [9.17, 15) is 47.7 Å². The lowest BCUT2D eigenvalue weighted by Crippen LogP contribution is -2.41. The van der Waals surface area contributed by atoms with Crippen LogP contribution < -0.4 is 23.4 Å². The number of para-hydroxylation sites is 2. The van der Waals surface area contributed by atoms with Crippen molar-refractivity contribution in [3.05, 3.63) is 230 Å². The molecule has 0 radical (unpaired) electrons. The van der Waals surface area contributed by atoms with E-state index in [2.05, 4.69) is 10.3 Å². The van der Waals surface area contributed by atoms with E-state index in [0.29, 0.717) is 60.8 Å². The Bertz CT molecular complexity index is 4570. The van der Waals surface area contributed by atoms with Gasteiger partial charge in [0.15, 0.2) is 0 Å². The average Bonchev–Trinajstić information content (AvgIpc) is 1.70. The molecule has 0 aliphatic carbocycles. The van der Waals surface area contributed by atoms with Crippen molar-refractivity contribution < 1.29 is 75.3 Å². The molecule has 2 aliphatic heterocycles. The normalized spacial score (nSPS) is 15.0. The lowest BCUT2D eigenvalue weighted by molar-refractivity contribution is -0.132. The number of hydrogen-bond acceptors (Lipinski definition) is 14. The highest BCUT2D eigenvalue weighted by molar-refractivity contribution is 7.48. The van der Waals surface area contributed by atoms with Gasteiger partial charge in [-0.1, -0.05) is 206 Å². The monoisotopic (exact) mass is 1440 g/mol. The molecule has 2 heterocycles. The number of alkyl halides is 2. The predicted molar refractivity (Wildman–Crippen MR) is 397 cm³/mol. The van der Waals surface area contributed by atoms with Gasteiger partial charge in [-0.05, 0) is 125 Å². The number of alkyl carbamates (subject to hydrolysis) is 1. The number of amides is 2. The number of ether oxygens (including phenoxy) is 2. The molecule has 10 aromatic rings. The van der Waals surface area contributed by atoms with Crippen LogP contribution in [0.1, 0.15) is 92.8 Å². The Morgan fingerprint density at radius 3 is 1.21 bits per heavy atom. The quantitative estimate of drug-likeness (QED) is 0.0471. The third-order valence-corrected chi connectivity index (χ3v) is 16.6. The molecule has 12 rings (SSSR count). The standard InChI is InChI=1S/C44H28O8P2.C17H23NO4.C12H15NO2.C5H8O2.CH2Cl2/c45-53(46)49-41-33(27-13-3-1-4-14-27)21-11-23-35(41)37-25-29-17-7-9-19-31(29)39(43(37)51-53)40-32-20-10-8-18-30(32)26-38-36-24-12-22-34(28-15-5-2-6-16-28)42(36)50-54(47,48)52-44(38)40;1-11(19)14(12(2)20)15(13-9-7-6-8-10-13)18-16(21)22-17(3,4)5;1-12(2,3)15-11(14)13-9-10-7-5-4-6-8-10;1-4(6)3-5(2)7;2-1-3/h1-26H,(H,45,46)(H,47,48);6-10,14-15H,1-5H3,(H,18,21);4-9H,1-3H3;3H2,1-2H3;1H2/t;15-;;;/m.1.../s1. The number of fused-ring (bicyclic) bond motifs is 8. The van der Waals surface area contributed by atoms with E-state index >= 15 is 0 Å². The third-order valence-electron chi connectivity index (χ3n) is 14.9. The lowest BCUT2D eigenvalue weighted by atomic mass is 9.85. The Balaban J connectivity index is 0.000000225. The molecule has 18 nitrogen and oxygen atoms in total. The Labute approximate surface area is 596 Å². The minimum absolute atomic E-state index is 0.0573. The van der Waals surface area contributed by atoms with Crippen LogP contribution in [0.15, 0.2) is 223 Å². The molecule has 0 spiro atoms. The molecule has 0 fully saturated rings. The number of phosphoric acid groups is 2. The fraction of sp³-hybridized carbons (Fsp3) is 0.203. The van der Waals surface area contributed by atoms with E-state index < -0.39 is 51.0 Å². The Morgan fingerprint density at radius 2 is 0.832 bits per heavy atom. The van der Waals surface area contributed by atoms with Gasteiger partial charge in [0.05, 0.1) is 17.8 Å². The molecule has 2 aliphatic rings. The van der Waals surface area contributed by atoms with Gasteiger partial charge in [-0.2, -0.15) is 4.99 Å². The van der Waals surface area contributed by atoms with Gasteiger partial charge < -0.3 is 32.9 Å². The first-order valence-electron chi connectivity index (χ1n) is 31.8. The molecule has 10 aromatic carbocycles. The van der Waals surface area contributed by atoms with Crippen LogP contribution in [0.25, 0.3) is 77.2 Å².